The van der Waals surface area contributed by atoms with Gasteiger partial charge < -0.3 is 15.4 Å². The number of hydrogen-bond acceptors (Lipinski definition) is 2. The maximum Gasteiger partial charge on any atom is 0.191 e. The highest BCUT2D eigenvalue weighted by molar-refractivity contribution is 5.79. The number of nitrogens with one attached hydrogen (secondary N) is 2. The Balaban J connectivity index is 3.67. The Morgan fingerprint density at radius 1 is 1.11 bits per heavy atom. The summed E-state index contributed by atoms with van der Waals surface area (Å²) in [6.45, 7) is 15.1. The number of hydrogen-bond donors (Lipinski definition) is 2. The second-order valence-corrected chi connectivity index (χ2v) is 5.36. The first-order valence-corrected chi connectivity index (χ1v) is 7.16. The van der Waals surface area contributed by atoms with Gasteiger partial charge in [-0.2, -0.15) is 0 Å². The van der Waals surface area contributed by atoms with Gasteiger partial charge in [-0.1, -0.05) is 27.7 Å². The van der Waals surface area contributed by atoms with Gasteiger partial charge in [0.1, 0.15) is 0 Å². The van der Waals surface area contributed by atoms with Gasteiger partial charge in [0.15, 0.2) is 5.96 Å². The van der Waals surface area contributed by atoms with Crippen molar-refractivity contribution in [2.24, 2.45) is 16.8 Å². The van der Waals surface area contributed by atoms with Crippen LogP contribution in [0.25, 0.3) is 0 Å². The minimum atomic E-state index is 0.592. The van der Waals surface area contributed by atoms with Crippen molar-refractivity contribution in [3.05, 3.63) is 0 Å². The summed E-state index contributed by atoms with van der Waals surface area (Å²) in [5.41, 5.74) is 0. The average molecular weight is 257 g/mol. The van der Waals surface area contributed by atoms with E-state index in [1.807, 2.05) is 0 Å². The average Bonchev–Trinajstić information content (AvgIpc) is 2.29. The summed E-state index contributed by atoms with van der Waals surface area (Å²) in [4.78, 5) is 4.51. The predicted octanol–water partition coefficient (Wildman–Crippen LogP) is 2.26. The second kappa shape index (κ2) is 11.3. The summed E-state index contributed by atoms with van der Waals surface area (Å²) in [6, 6.07) is 0. The predicted molar refractivity (Wildman–Crippen MR) is 79.1 cm³/mol. The van der Waals surface area contributed by atoms with Gasteiger partial charge in [0.05, 0.1) is 0 Å². The first-order chi connectivity index (χ1) is 8.56. The minimum absolute atomic E-state index is 0.592. The molecule has 0 aromatic heterocycles. The van der Waals surface area contributed by atoms with E-state index in [0.717, 1.165) is 45.2 Å². The minimum Gasteiger partial charge on any atom is -0.381 e. The Kier molecular flexibility index (Phi) is 10.8. The molecule has 0 aliphatic heterocycles. The van der Waals surface area contributed by atoms with E-state index in [2.05, 4.69) is 50.2 Å². The van der Waals surface area contributed by atoms with Gasteiger partial charge >= 0.3 is 0 Å². The fraction of sp³-hybridized carbons (Fsp3) is 0.929. The summed E-state index contributed by atoms with van der Waals surface area (Å²) in [6.07, 6.45) is 1.01. The van der Waals surface area contributed by atoms with Crippen molar-refractivity contribution >= 4 is 5.96 Å². The van der Waals surface area contributed by atoms with E-state index in [-0.39, 0.29) is 0 Å². The summed E-state index contributed by atoms with van der Waals surface area (Å²) in [5, 5.41) is 6.57. The lowest BCUT2D eigenvalue weighted by molar-refractivity contribution is 0.108. The van der Waals surface area contributed by atoms with Crippen LogP contribution in [0, 0.1) is 11.8 Å². The van der Waals surface area contributed by atoms with Crippen LogP contribution in [0.2, 0.25) is 0 Å². The van der Waals surface area contributed by atoms with Crippen molar-refractivity contribution < 1.29 is 4.74 Å². The zero-order chi connectivity index (χ0) is 13.8. The van der Waals surface area contributed by atoms with Crippen LogP contribution in [0.4, 0.5) is 0 Å². The number of rotatable bonds is 9. The molecule has 108 valence electrons. The van der Waals surface area contributed by atoms with Crippen LogP contribution in [-0.4, -0.2) is 38.8 Å². The maximum atomic E-state index is 5.53. The molecule has 18 heavy (non-hydrogen) atoms. The second-order valence-electron chi connectivity index (χ2n) is 5.36. The van der Waals surface area contributed by atoms with E-state index in [0.29, 0.717) is 11.8 Å². The van der Waals surface area contributed by atoms with Crippen LogP contribution in [0.5, 0.6) is 0 Å². The molecule has 0 aliphatic rings. The Morgan fingerprint density at radius 3 is 2.39 bits per heavy atom. The third-order valence-electron chi connectivity index (χ3n) is 2.17. The molecule has 0 atom stereocenters. The molecule has 0 rings (SSSR count). The molecule has 0 fully saturated rings. The number of nitrogens with zero attached hydrogens (tertiary/aromatic N) is 1. The van der Waals surface area contributed by atoms with Crippen molar-refractivity contribution in [3.63, 3.8) is 0 Å². The van der Waals surface area contributed by atoms with Crippen molar-refractivity contribution in [2.75, 3.05) is 32.8 Å². The molecule has 0 saturated heterocycles. The van der Waals surface area contributed by atoms with Crippen molar-refractivity contribution in [2.45, 2.75) is 41.0 Å². The van der Waals surface area contributed by atoms with E-state index in [4.69, 9.17) is 4.74 Å². The third-order valence-corrected chi connectivity index (χ3v) is 2.17. The topological polar surface area (TPSA) is 45.7 Å². The van der Waals surface area contributed by atoms with E-state index in [9.17, 15) is 0 Å². The van der Waals surface area contributed by atoms with Crippen LogP contribution >= 0.6 is 0 Å². The normalized spacial score (nSPS) is 12.3. The highest BCUT2D eigenvalue weighted by Crippen LogP contribution is 1.93. The molecular formula is C14H31N3O. The Labute approximate surface area is 113 Å². The van der Waals surface area contributed by atoms with E-state index in [1.54, 1.807) is 0 Å². The van der Waals surface area contributed by atoms with Crippen molar-refractivity contribution in [1.82, 2.24) is 10.6 Å². The maximum absolute atomic E-state index is 5.53. The van der Waals surface area contributed by atoms with Gasteiger partial charge in [-0.25, -0.2) is 0 Å². The monoisotopic (exact) mass is 257 g/mol. The van der Waals surface area contributed by atoms with E-state index < -0.39 is 0 Å². The lowest BCUT2D eigenvalue weighted by atomic mass is 10.2. The number of ether oxygens (including phenoxy) is 1. The van der Waals surface area contributed by atoms with Crippen LogP contribution in [0.1, 0.15) is 41.0 Å². The van der Waals surface area contributed by atoms with Gasteiger partial charge in [-0.15, -0.1) is 0 Å². The molecule has 0 aromatic rings. The molecule has 0 heterocycles. The van der Waals surface area contributed by atoms with Gasteiger partial charge in [0, 0.05) is 32.8 Å². The fourth-order valence-corrected chi connectivity index (χ4v) is 1.32. The lowest BCUT2D eigenvalue weighted by Crippen LogP contribution is -2.38. The van der Waals surface area contributed by atoms with Gasteiger partial charge in [-0.3, -0.25) is 4.99 Å². The molecule has 0 unspecified atom stereocenters. The van der Waals surface area contributed by atoms with Crippen LogP contribution in [0.15, 0.2) is 4.99 Å². The van der Waals surface area contributed by atoms with Crippen LogP contribution in [-0.2, 0) is 4.74 Å². The molecule has 0 spiro atoms. The standard InChI is InChI=1S/C14H31N3O/c1-6-15-14(17-10-12(2)3)16-8-7-9-18-11-13(4)5/h12-13H,6-11H2,1-5H3,(H2,15,16,17). The highest BCUT2D eigenvalue weighted by atomic mass is 16.5. The number of guanidine groups is 1. The first-order valence-electron chi connectivity index (χ1n) is 7.16. The zero-order valence-electron chi connectivity index (χ0n) is 12.8. The molecule has 0 aliphatic carbocycles. The number of aliphatic imine (C=N–C) groups is 1. The van der Waals surface area contributed by atoms with Crippen molar-refractivity contribution in [1.29, 1.82) is 0 Å². The Morgan fingerprint density at radius 2 is 1.83 bits per heavy atom. The van der Waals surface area contributed by atoms with Crippen molar-refractivity contribution in [3.8, 4) is 0 Å². The van der Waals surface area contributed by atoms with E-state index in [1.165, 1.54) is 0 Å². The molecule has 4 heteroatoms. The van der Waals surface area contributed by atoms with Crippen LogP contribution < -0.4 is 10.6 Å². The first kappa shape index (κ1) is 17.2. The quantitative estimate of drug-likeness (QED) is 0.378. The Bertz CT molecular complexity index is 215. The highest BCUT2D eigenvalue weighted by Gasteiger charge is 1.98. The SMILES string of the molecule is CCNC(=NCC(C)C)NCCCOCC(C)C. The molecule has 0 saturated carbocycles. The molecule has 0 bridgehead atoms. The van der Waals surface area contributed by atoms with Gasteiger partial charge in [0.25, 0.3) is 0 Å². The molecule has 0 amide bonds. The molecule has 0 aromatic carbocycles. The summed E-state index contributed by atoms with van der Waals surface area (Å²) in [5.74, 6) is 2.12. The van der Waals surface area contributed by atoms with Crippen LogP contribution in [0.3, 0.4) is 0 Å². The van der Waals surface area contributed by atoms with E-state index >= 15 is 0 Å². The summed E-state index contributed by atoms with van der Waals surface area (Å²) < 4.78 is 5.53. The Hall–Kier alpha value is -0.770. The van der Waals surface area contributed by atoms with Gasteiger partial charge in [-0.05, 0) is 25.2 Å². The van der Waals surface area contributed by atoms with Gasteiger partial charge in [0.2, 0.25) is 0 Å². The molecular weight excluding hydrogens is 226 g/mol. The lowest BCUT2D eigenvalue weighted by Gasteiger charge is -2.12. The summed E-state index contributed by atoms with van der Waals surface area (Å²) >= 11 is 0. The molecule has 4 nitrogen and oxygen atoms in total. The molecule has 0 radical (unpaired) electrons. The zero-order valence-corrected chi connectivity index (χ0v) is 12.8. The smallest absolute Gasteiger partial charge is 0.191 e. The third kappa shape index (κ3) is 11.7. The fourth-order valence-electron chi connectivity index (χ4n) is 1.32. The molecule has 2 N–H and O–H groups in total. The largest absolute Gasteiger partial charge is 0.381 e. The summed E-state index contributed by atoms with van der Waals surface area (Å²) in [7, 11) is 0.